The van der Waals surface area contributed by atoms with Crippen LogP contribution in [-0.4, -0.2) is 11.7 Å². The van der Waals surface area contributed by atoms with Crippen LogP contribution in [0.5, 0.6) is 5.75 Å². The van der Waals surface area contributed by atoms with Crippen molar-refractivity contribution >= 4 is 0 Å². The first-order chi connectivity index (χ1) is 5.92. The Morgan fingerprint density at radius 1 is 1.42 bits per heavy atom. The van der Waals surface area contributed by atoms with Crippen LogP contribution in [0.15, 0.2) is 18.2 Å². The van der Waals surface area contributed by atoms with Crippen LogP contribution >= 0.6 is 0 Å². The molecule has 0 aromatic heterocycles. The molecule has 3 heteroatoms. The summed E-state index contributed by atoms with van der Waals surface area (Å²) in [7, 11) is 0. The second-order valence-electron chi connectivity index (χ2n) is 2.72. The predicted molar refractivity (Wildman–Crippen MR) is 42.6 cm³/mol. The maximum atomic E-state index is 8.96. The standard InChI is InChI=1S/C9H10O3/c10-6-8-3-1-2-7-4-5-11-12-9(7)8/h1-3,10H,4-6H2. The zero-order valence-electron chi connectivity index (χ0n) is 6.62. The van der Waals surface area contributed by atoms with Crippen LogP contribution in [0.25, 0.3) is 0 Å². The molecule has 0 atom stereocenters. The van der Waals surface area contributed by atoms with Gasteiger partial charge in [0.15, 0.2) is 5.75 Å². The van der Waals surface area contributed by atoms with Gasteiger partial charge in [0.1, 0.15) is 0 Å². The smallest absolute Gasteiger partial charge is 0.174 e. The van der Waals surface area contributed by atoms with Gasteiger partial charge >= 0.3 is 0 Å². The molecule has 0 bridgehead atoms. The van der Waals surface area contributed by atoms with Crippen molar-refractivity contribution in [1.82, 2.24) is 0 Å². The zero-order valence-corrected chi connectivity index (χ0v) is 6.62. The molecule has 0 spiro atoms. The fourth-order valence-electron chi connectivity index (χ4n) is 1.32. The van der Waals surface area contributed by atoms with Gasteiger partial charge in [0, 0.05) is 17.5 Å². The van der Waals surface area contributed by atoms with Crippen molar-refractivity contribution in [1.29, 1.82) is 0 Å². The Kier molecular flexibility index (Phi) is 1.98. The summed E-state index contributed by atoms with van der Waals surface area (Å²) in [5.74, 6) is 0.686. The molecule has 0 radical (unpaired) electrons. The molecular weight excluding hydrogens is 156 g/mol. The summed E-state index contributed by atoms with van der Waals surface area (Å²) < 4.78 is 0. The van der Waals surface area contributed by atoms with Gasteiger partial charge in [-0.25, -0.2) is 0 Å². The lowest BCUT2D eigenvalue weighted by atomic mass is 10.1. The molecule has 12 heavy (non-hydrogen) atoms. The van der Waals surface area contributed by atoms with E-state index in [1.807, 2.05) is 18.2 Å². The third-order valence-corrected chi connectivity index (χ3v) is 1.95. The van der Waals surface area contributed by atoms with Gasteiger partial charge in [-0.2, -0.15) is 4.89 Å². The molecule has 0 fully saturated rings. The Morgan fingerprint density at radius 3 is 3.17 bits per heavy atom. The molecule has 3 nitrogen and oxygen atoms in total. The van der Waals surface area contributed by atoms with Gasteiger partial charge in [0.05, 0.1) is 13.2 Å². The van der Waals surface area contributed by atoms with Gasteiger partial charge in [0.25, 0.3) is 0 Å². The molecule has 0 saturated carbocycles. The van der Waals surface area contributed by atoms with Gasteiger partial charge in [-0.1, -0.05) is 18.2 Å². The third kappa shape index (κ3) is 1.17. The highest BCUT2D eigenvalue weighted by molar-refractivity contribution is 5.41. The van der Waals surface area contributed by atoms with E-state index < -0.39 is 0 Å². The highest BCUT2D eigenvalue weighted by Crippen LogP contribution is 2.27. The Labute approximate surface area is 70.5 Å². The zero-order chi connectivity index (χ0) is 8.39. The summed E-state index contributed by atoms with van der Waals surface area (Å²) >= 11 is 0. The van der Waals surface area contributed by atoms with E-state index >= 15 is 0 Å². The molecule has 1 heterocycles. The van der Waals surface area contributed by atoms with Crippen molar-refractivity contribution in [3.8, 4) is 5.75 Å². The lowest BCUT2D eigenvalue weighted by molar-refractivity contribution is -0.216. The molecule has 0 saturated heterocycles. The van der Waals surface area contributed by atoms with E-state index in [4.69, 9.17) is 14.9 Å². The maximum absolute atomic E-state index is 8.96. The highest BCUT2D eigenvalue weighted by Gasteiger charge is 2.14. The molecule has 1 N–H and O–H groups in total. The number of aliphatic hydroxyl groups excluding tert-OH is 1. The van der Waals surface area contributed by atoms with E-state index in [1.165, 1.54) is 0 Å². The van der Waals surface area contributed by atoms with Crippen molar-refractivity contribution in [2.45, 2.75) is 13.0 Å². The van der Waals surface area contributed by atoms with Crippen LogP contribution in [0, 0.1) is 0 Å². The minimum absolute atomic E-state index is 0.00741. The van der Waals surface area contributed by atoms with Gasteiger partial charge in [0.2, 0.25) is 0 Å². The first-order valence-electron chi connectivity index (χ1n) is 3.93. The summed E-state index contributed by atoms with van der Waals surface area (Å²) in [6.07, 6.45) is 0.850. The minimum Gasteiger partial charge on any atom is -0.392 e. The quantitative estimate of drug-likeness (QED) is 0.633. The first-order valence-corrected chi connectivity index (χ1v) is 3.93. The lowest BCUT2D eigenvalue weighted by Crippen LogP contribution is -2.12. The largest absolute Gasteiger partial charge is 0.392 e. The van der Waals surface area contributed by atoms with Gasteiger partial charge < -0.3 is 9.99 Å². The maximum Gasteiger partial charge on any atom is 0.174 e. The Balaban J connectivity index is 2.44. The van der Waals surface area contributed by atoms with Crippen LogP contribution in [-0.2, 0) is 17.9 Å². The van der Waals surface area contributed by atoms with Gasteiger partial charge in [-0.05, 0) is 0 Å². The summed E-state index contributed by atoms with van der Waals surface area (Å²) in [4.78, 5) is 9.81. The van der Waals surface area contributed by atoms with Crippen molar-refractivity contribution in [2.24, 2.45) is 0 Å². The van der Waals surface area contributed by atoms with Crippen molar-refractivity contribution in [3.05, 3.63) is 29.3 Å². The van der Waals surface area contributed by atoms with Crippen molar-refractivity contribution in [3.63, 3.8) is 0 Å². The summed E-state index contributed by atoms with van der Waals surface area (Å²) in [5.41, 5.74) is 1.89. The van der Waals surface area contributed by atoms with Gasteiger partial charge in [-0.15, -0.1) is 0 Å². The number of rotatable bonds is 1. The Hall–Kier alpha value is -1.06. The average Bonchev–Trinajstić information content (AvgIpc) is 2.17. The summed E-state index contributed by atoms with van der Waals surface area (Å²) in [6, 6.07) is 5.73. The van der Waals surface area contributed by atoms with Crippen LogP contribution in [0.3, 0.4) is 0 Å². The Morgan fingerprint density at radius 2 is 2.33 bits per heavy atom. The first kappa shape index (κ1) is 7.58. The second-order valence-corrected chi connectivity index (χ2v) is 2.72. The molecule has 1 aromatic carbocycles. The molecule has 0 amide bonds. The number of hydrogen-bond acceptors (Lipinski definition) is 3. The van der Waals surface area contributed by atoms with Crippen molar-refractivity contribution in [2.75, 3.05) is 6.61 Å². The summed E-state index contributed by atoms with van der Waals surface area (Å²) in [6.45, 7) is 0.578. The molecule has 0 unspecified atom stereocenters. The van der Waals surface area contributed by atoms with Gasteiger partial charge in [-0.3, -0.25) is 0 Å². The number of benzene rings is 1. The molecule has 2 rings (SSSR count). The van der Waals surface area contributed by atoms with E-state index in [2.05, 4.69) is 0 Å². The highest BCUT2D eigenvalue weighted by atomic mass is 17.2. The number of para-hydroxylation sites is 1. The fourth-order valence-corrected chi connectivity index (χ4v) is 1.32. The molecule has 1 aromatic rings. The normalized spacial score (nSPS) is 15.1. The lowest BCUT2D eigenvalue weighted by Gasteiger charge is -2.17. The number of hydrogen-bond donors (Lipinski definition) is 1. The fraction of sp³-hybridized carbons (Fsp3) is 0.333. The van der Waals surface area contributed by atoms with E-state index in [0.29, 0.717) is 12.4 Å². The molecular formula is C9H10O3. The molecule has 1 aliphatic rings. The van der Waals surface area contributed by atoms with E-state index in [1.54, 1.807) is 0 Å². The molecule has 64 valence electrons. The molecule has 1 aliphatic heterocycles. The monoisotopic (exact) mass is 166 g/mol. The second kappa shape index (κ2) is 3.13. The van der Waals surface area contributed by atoms with E-state index in [-0.39, 0.29) is 6.61 Å². The molecule has 0 aliphatic carbocycles. The van der Waals surface area contributed by atoms with Crippen LogP contribution < -0.4 is 4.89 Å². The Bertz CT molecular complexity index is 269. The third-order valence-electron chi connectivity index (χ3n) is 1.95. The summed E-state index contributed by atoms with van der Waals surface area (Å²) in [5, 5.41) is 8.96. The minimum atomic E-state index is -0.00741. The number of aliphatic hydroxyl groups is 1. The van der Waals surface area contributed by atoms with E-state index in [9.17, 15) is 0 Å². The SMILES string of the molecule is OCc1cccc2c1OOCC2. The number of fused-ring (bicyclic) bond motifs is 1. The van der Waals surface area contributed by atoms with Crippen LogP contribution in [0.1, 0.15) is 11.1 Å². The van der Waals surface area contributed by atoms with Crippen LogP contribution in [0.4, 0.5) is 0 Å². The van der Waals surface area contributed by atoms with Crippen LogP contribution in [0.2, 0.25) is 0 Å². The average molecular weight is 166 g/mol. The topological polar surface area (TPSA) is 38.7 Å². The van der Waals surface area contributed by atoms with E-state index in [0.717, 1.165) is 17.5 Å². The predicted octanol–water partition coefficient (Wildman–Crippen LogP) is 1.05. The van der Waals surface area contributed by atoms with Crippen molar-refractivity contribution < 1.29 is 14.9 Å².